The maximum Gasteiger partial charge on any atom is 0.335 e. The summed E-state index contributed by atoms with van der Waals surface area (Å²) in [5.41, 5.74) is 0.556. The van der Waals surface area contributed by atoms with Gasteiger partial charge < -0.3 is 10.4 Å². The van der Waals surface area contributed by atoms with Gasteiger partial charge in [0.05, 0.1) is 5.56 Å². The highest BCUT2D eigenvalue weighted by molar-refractivity contribution is 7.99. The summed E-state index contributed by atoms with van der Waals surface area (Å²) in [5.74, 6) is -0.146. The summed E-state index contributed by atoms with van der Waals surface area (Å²) in [6.07, 6.45) is 3.28. The minimum atomic E-state index is -1.01. The first kappa shape index (κ1) is 14.9. The number of benzene rings is 1. The molecule has 1 amide bonds. The summed E-state index contributed by atoms with van der Waals surface area (Å²) in [6.45, 7) is 2.12. The van der Waals surface area contributed by atoms with Gasteiger partial charge in [-0.1, -0.05) is 19.4 Å². The maximum absolute atomic E-state index is 12.2. The van der Waals surface area contributed by atoms with Crippen LogP contribution in [0.2, 0.25) is 0 Å². The van der Waals surface area contributed by atoms with E-state index in [4.69, 9.17) is 5.11 Å². The molecule has 5 heteroatoms. The highest BCUT2D eigenvalue weighted by Crippen LogP contribution is 2.30. The van der Waals surface area contributed by atoms with E-state index >= 15 is 0 Å². The Morgan fingerprint density at radius 2 is 2.10 bits per heavy atom. The van der Waals surface area contributed by atoms with Gasteiger partial charge in [0.25, 0.3) is 5.91 Å². The fourth-order valence-electron chi connectivity index (χ4n) is 2.55. The molecule has 2 N–H and O–H groups in total. The molecule has 1 aromatic carbocycles. The molecule has 1 aliphatic rings. The van der Waals surface area contributed by atoms with E-state index in [1.54, 1.807) is 12.1 Å². The number of carbonyl (C=O) groups excluding carboxylic acids is 1. The third-order valence-corrected chi connectivity index (χ3v) is 4.85. The van der Waals surface area contributed by atoms with Gasteiger partial charge in [0.1, 0.15) is 0 Å². The largest absolute Gasteiger partial charge is 0.478 e. The summed E-state index contributed by atoms with van der Waals surface area (Å²) in [6, 6.07) is 6.36. The van der Waals surface area contributed by atoms with Crippen molar-refractivity contribution in [3.63, 3.8) is 0 Å². The summed E-state index contributed by atoms with van der Waals surface area (Å²) >= 11 is 1.88. The minimum Gasteiger partial charge on any atom is -0.478 e. The Morgan fingerprint density at radius 3 is 2.80 bits per heavy atom. The monoisotopic (exact) mass is 293 g/mol. The van der Waals surface area contributed by atoms with Gasteiger partial charge in [-0.05, 0) is 36.8 Å². The Balaban J connectivity index is 2.04. The quantitative estimate of drug-likeness (QED) is 0.876. The van der Waals surface area contributed by atoms with E-state index in [1.165, 1.54) is 12.1 Å². The van der Waals surface area contributed by atoms with E-state index < -0.39 is 5.97 Å². The molecule has 2 atom stereocenters. The van der Waals surface area contributed by atoms with Gasteiger partial charge >= 0.3 is 5.97 Å². The van der Waals surface area contributed by atoms with Crippen LogP contribution in [0.25, 0.3) is 0 Å². The van der Waals surface area contributed by atoms with Gasteiger partial charge in [0.2, 0.25) is 0 Å². The van der Waals surface area contributed by atoms with Crippen LogP contribution in [-0.2, 0) is 0 Å². The number of aromatic carboxylic acids is 1. The molecule has 0 aliphatic heterocycles. The van der Waals surface area contributed by atoms with Crippen LogP contribution in [0, 0.1) is 0 Å². The second-order valence-corrected chi connectivity index (χ2v) is 6.41. The number of hydrogen-bond donors (Lipinski definition) is 2. The Labute approximate surface area is 123 Å². The Bertz CT molecular complexity index is 504. The van der Waals surface area contributed by atoms with E-state index in [2.05, 4.69) is 12.2 Å². The lowest BCUT2D eigenvalue weighted by molar-refractivity contribution is 0.0697. The minimum absolute atomic E-state index is 0.142. The summed E-state index contributed by atoms with van der Waals surface area (Å²) in [7, 11) is 0. The normalized spacial score (nSPS) is 21.6. The number of amides is 1. The number of thioether (sulfide) groups is 1. The second-order valence-electron chi connectivity index (χ2n) is 4.89. The molecule has 2 rings (SSSR count). The number of hydrogen-bond acceptors (Lipinski definition) is 3. The Kier molecular flexibility index (Phi) is 5.06. The first-order valence-corrected chi connectivity index (χ1v) is 7.92. The first-order chi connectivity index (χ1) is 9.61. The van der Waals surface area contributed by atoms with E-state index in [0.29, 0.717) is 10.8 Å². The molecule has 0 aromatic heterocycles. The van der Waals surface area contributed by atoms with Gasteiger partial charge in [-0.15, -0.1) is 0 Å². The number of carboxylic acid groups (broad SMARTS) is 1. The number of rotatable bonds is 5. The smallest absolute Gasteiger partial charge is 0.335 e. The molecule has 20 heavy (non-hydrogen) atoms. The first-order valence-electron chi connectivity index (χ1n) is 6.87. The van der Waals surface area contributed by atoms with E-state index in [0.717, 1.165) is 25.0 Å². The molecule has 0 heterocycles. The van der Waals surface area contributed by atoms with Crippen LogP contribution in [0.1, 0.15) is 46.9 Å². The number of nitrogens with one attached hydrogen (secondary N) is 1. The molecule has 1 aromatic rings. The standard InChI is InChI=1S/C15H19NO3S/c1-2-20-13-8-4-7-12(13)16-14(17)10-5-3-6-11(9-10)15(18)19/h3,5-6,9,12-13H,2,4,7-8H2,1H3,(H,16,17)(H,18,19). The third kappa shape index (κ3) is 3.54. The zero-order chi connectivity index (χ0) is 14.5. The van der Waals surface area contributed by atoms with Gasteiger partial charge in [0, 0.05) is 16.9 Å². The van der Waals surface area contributed by atoms with E-state index in [1.807, 2.05) is 11.8 Å². The topological polar surface area (TPSA) is 66.4 Å². The van der Waals surface area contributed by atoms with E-state index in [-0.39, 0.29) is 17.5 Å². The molecule has 0 radical (unpaired) electrons. The van der Waals surface area contributed by atoms with Crippen molar-refractivity contribution in [3.05, 3.63) is 35.4 Å². The molecule has 0 spiro atoms. The van der Waals surface area contributed by atoms with Crippen LogP contribution >= 0.6 is 11.8 Å². The highest BCUT2D eigenvalue weighted by atomic mass is 32.2. The van der Waals surface area contributed by atoms with Crippen molar-refractivity contribution < 1.29 is 14.7 Å². The molecule has 0 bridgehead atoms. The highest BCUT2D eigenvalue weighted by Gasteiger charge is 2.28. The molecule has 108 valence electrons. The summed E-state index contributed by atoms with van der Waals surface area (Å²) in [4.78, 5) is 23.1. The third-order valence-electron chi connectivity index (χ3n) is 3.52. The van der Waals surface area contributed by atoms with Gasteiger partial charge in [0.15, 0.2) is 0 Å². The fourth-order valence-corrected chi connectivity index (χ4v) is 3.75. The van der Waals surface area contributed by atoms with Crippen LogP contribution in [-0.4, -0.2) is 34.0 Å². The van der Waals surface area contributed by atoms with Crippen LogP contribution in [0.5, 0.6) is 0 Å². The van der Waals surface area contributed by atoms with Crippen molar-refractivity contribution in [2.45, 2.75) is 37.5 Å². The number of carbonyl (C=O) groups is 2. The van der Waals surface area contributed by atoms with Gasteiger partial charge in [-0.3, -0.25) is 4.79 Å². The zero-order valence-electron chi connectivity index (χ0n) is 11.5. The lowest BCUT2D eigenvalue weighted by Crippen LogP contribution is -2.38. The lowest BCUT2D eigenvalue weighted by Gasteiger charge is -2.20. The van der Waals surface area contributed by atoms with Crippen molar-refractivity contribution in [1.82, 2.24) is 5.32 Å². The number of carboxylic acids is 1. The Hall–Kier alpha value is -1.49. The summed E-state index contributed by atoms with van der Waals surface area (Å²) < 4.78 is 0. The molecular formula is C15H19NO3S. The molecule has 1 fully saturated rings. The molecule has 1 saturated carbocycles. The predicted molar refractivity (Wildman–Crippen MR) is 80.4 cm³/mol. The van der Waals surface area contributed by atoms with Crippen molar-refractivity contribution in [2.24, 2.45) is 0 Å². The zero-order valence-corrected chi connectivity index (χ0v) is 12.3. The molecular weight excluding hydrogens is 274 g/mol. The molecule has 4 nitrogen and oxygen atoms in total. The summed E-state index contributed by atoms with van der Waals surface area (Å²) in [5, 5.41) is 12.5. The van der Waals surface area contributed by atoms with Crippen LogP contribution in [0.15, 0.2) is 24.3 Å². The fraction of sp³-hybridized carbons (Fsp3) is 0.467. The van der Waals surface area contributed by atoms with E-state index in [9.17, 15) is 9.59 Å². The van der Waals surface area contributed by atoms with Crippen molar-refractivity contribution >= 4 is 23.6 Å². The average Bonchev–Trinajstić information content (AvgIpc) is 2.86. The van der Waals surface area contributed by atoms with Crippen molar-refractivity contribution in [3.8, 4) is 0 Å². The van der Waals surface area contributed by atoms with Crippen molar-refractivity contribution in [1.29, 1.82) is 0 Å². The van der Waals surface area contributed by atoms with Crippen LogP contribution < -0.4 is 5.32 Å². The maximum atomic E-state index is 12.2. The SMILES string of the molecule is CCSC1CCCC1NC(=O)c1cccc(C(=O)O)c1. The van der Waals surface area contributed by atoms with Crippen LogP contribution in [0.4, 0.5) is 0 Å². The molecule has 2 unspecified atom stereocenters. The Morgan fingerprint density at radius 1 is 1.35 bits per heavy atom. The lowest BCUT2D eigenvalue weighted by atomic mass is 10.1. The molecule has 0 saturated heterocycles. The van der Waals surface area contributed by atoms with Crippen LogP contribution in [0.3, 0.4) is 0 Å². The van der Waals surface area contributed by atoms with Gasteiger partial charge in [-0.2, -0.15) is 11.8 Å². The predicted octanol–water partition coefficient (Wildman–Crippen LogP) is 2.79. The second kappa shape index (κ2) is 6.79. The van der Waals surface area contributed by atoms with Gasteiger partial charge in [-0.25, -0.2) is 4.79 Å². The van der Waals surface area contributed by atoms with Crippen molar-refractivity contribution in [2.75, 3.05) is 5.75 Å². The average molecular weight is 293 g/mol. The molecule has 1 aliphatic carbocycles.